The van der Waals surface area contributed by atoms with E-state index in [1.165, 1.54) is 5.56 Å². The van der Waals surface area contributed by atoms with Gasteiger partial charge in [0.2, 0.25) is 0 Å². The van der Waals surface area contributed by atoms with Crippen LogP contribution in [0.5, 0.6) is 0 Å². The summed E-state index contributed by atoms with van der Waals surface area (Å²) in [5.74, 6) is -0.497. The first-order chi connectivity index (χ1) is 12.4. The molecular formula is C21H27N3O2. The second-order valence-corrected chi connectivity index (χ2v) is 7.40. The maximum absolute atomic E-state index is 12.1. The molecule has 0 atom stereocenters. The Morgan fingerprint density at radius 3 is 2.65 bits per heavy atom. The number of hydrogen-bond acceptors (Lipinski definition) is 3. The zero-order valence-corrected chi connectivity index (χ0v) is 15.6. The molecule has 2 heterocycles. The molecule has 1 N–H and O–H groups in total. The molecular weight excluding hydrogens is 326 g/mol. The van der Waals surface area contributed by atoms with Gasteiger partial charge in [-0.3, -0.25) is 9.58 Å². The molecule has 0 radical (unpaired) electrons. The van der Waals surface area contributed by atoms with Gasteiger partial charge in [-0.15, -0.1) is 0 Å². The molecule has 1 aromatic heterocycles. The number of benzene rings is 1. The van der Waals surface area contributed by atoms with Gasteiger partial charge in [-0.2, -0.15) is 5.10 Å². The first-order valence-corrected chi connectivity index (χ1v) is 9.18. The van der Waals surface area contributed by atoms with Crippen LogP contribution < -0.4 is 0 Å². The van der Waals surface area contributed by atoms with Crippen LogP contribution in [0.15, 0.2) is 43.1 Å². The minimum absolute atomic E-state index is 0.291. The van der Waals surface area contributed by atoms with Crippen molar-refractivity contribution < 1.29 is 9.90 Å². The van der Waals surface area contributed by atoms with E-state index in [0.29, 0.717) is 18.8 Å². The molecule has 0 aliphatic carbocycles. The van der Waals surface area contributed by atoms with Crippen LogP contribution in [0.1, 0.15) is 49.4 Å². The maximum atomic E-state index is 12.1. The standard InChI is InChI=1S/C21H27N3O2/c1-4-17-6-5-7-18(14-17)15-23-12-9-21(10-13-23,20(25)26)24-11-8-19(22-24)16(2)3/h4-8,11,14,16H,1,9-10,12-13,15H2,2-3H3,(H,25,26). The van der Waals surface area contributed by atoms with Crippen LogP contribution in [0.4, 0.5) is 0 Å². The van der Waals surface area contributed by atoms with E-state index in [1.54, 1.807) is 4.68 Å². The number of aliphatic carboxylic acids is 1. The number of rotatable bonds is 6. The molecule has 26 heavy (non-hydrogen) atoms. The van der Waals surface area contributed by atoms with Crippen molar-refractivity contribution >= 4 is 12.0 Å². The molecule has 0 amide bonds. The van der Waals surface area contributed by atoms with E-state index in [4.69, 9.17) is 0 Å². The van der Waals surface area contributed by atoms with Crippen LogP contribution in [0.2, 0.25) is 0 Å². The Morgan fingerprint density at radius 1 is 1.35 bits per heavy atom. The third kappa shape index (κ3) is 3.58. The molecule has 0 saturated carbocycles. The van der Waals surface area contributed by atoms with Crippen LogP contribution in [-0.2, 0) is 16.9 Å². The number of carboxylic acids is 1. The predicted octanol–water partition coefficient (Wildman–Crippen LogP) is 3.73. The second kappa shape index (κ2) is 7.46. The highest BCUT2D eigenvalue weighted by Crippen LogP contribution is 2.31. The number of aromatic nitrogens is 2. The average molecular weight is 353 g/mol. The number of piperidine rings is 1. The van der Waals surface area contributed by atoms with Crippen molar-refractivity contribution in [3.63, 3.8) is 0 Å². The summed E-state index contributed by atoms with van der Waals surface area (Å²) in [4.78, 5) is 14.4. The molecule has 3 rings (SSSR count). The monoisotopic (exact) mass is 353 g/mol. The molecule has 0 bridgehead atoms. The Morgan fingerprint density at radius 2 is 2.08 bits per heavy atom. The van der Waals surface area contributed by atoms with Gasteiger partial charge >= 0.3 is 5.97 Å². The van der Waals surface area contributed by atoms with Gasteiger partial charge in [0.25, 0.3) is 0 Å². The number of carboxylic acid groups (broad SMARTS) is 1. The summed E-state index contributed by atoms with van der Waals surface area (Å²) < 4.78 is 1.68. The minimum Gasteiger partial charge on any atom is -0.479 e. The summed E-state index contributed by atoms with van der Waals surface area (Å²) in [6, 6.07) is 10.2. The second-order valence-electron chi connectivity index (χ2n) is 7.40. The van der Waals surface area contributed by atoms with E-state index in [9.17, 15) is 9.90 Å². The van der Waals surface area contributed by atoms with E-state index in [1.807, 2.05) is 30.5 Å². The summed E-state index contributed by atoms with van der Waals surface area (Å²) in [6.07, 6.45) is 4.79. The highest BCUT2D eigenvalue weighted by molar-refractivity contribution is 5.76. The van der Waals surface area contributed by atoms with Crippen LogP contribution in [-0.4, -0.2) is 38.8 Å². The van der Waals surface area contributed by atoms with E-state index in [0.717, 1.165) is 30.9 Å². The molecule has 2 aromatic rings. The minimum atomic E-state index is -0.938. The Labute approximate surface area is 154 Å². The van der Waals surface area contributed by atoms with Crippen molar-refractivity contribution in [2.24, 2.45) is 0 Å². The predicted molar refractivity (Wildman–Crippen MR) is 103 cm³/mol. The first kappa shape index (κ1) is 18.4. The third-order valence-corrected chi connectivity index (χ3v) is 5.31. The zero-order chi connectivity index (χ0) is 18.7. The Hall–Kier alpha value is -2.40. The van der Waals surface area contributed by atoms with Crippen molar-refractivity contribution in [1.82, 2.24) is 14.7 Å². The summed E-state index contributed by atoms with van der Waals surface area (Å²) >= 11 is 0. The lowest BCUT2D eigenvalue weighted by Gasteiger charge is -2.39. The fraction of sp³-hybridized carbons (Fsp3) is 0.429. The molecule has 1 aliphatic heterocycles. The number of likely N-dealkylation sites (tertiary alicyclic amines) is 1. The SMILES string of the molecule is C=Cc1cccc(CN2CCC(C(=O)O)(n3ccc(C(C)C)n3)CC2)c1. The van der Waals surface area contributed by atoms with Crippen molar-refractivity contribution in [2.45, 2.75) is 44.7 Å². The Balaban J connectivity index is 1.72. The number of nitrogens with zero attached hydrogens (tertiary/aromatic N) is 3. The van der Waals surface area contributed by atoms with E-state index >= 15 is 0 Å². The molecule has 0 unspecified atom stereocenters. The maximum Gasteiger partial charge on any atom is 0.331 e. The number of hydrogen-bond donors (Lipinski definition) is 1. The summed E-state index contributed by atoms with van der Waals surface area (Å²) in [5.41, 5.74) is 2.34. The Bertz CT molecular complexity index is 786. The third-order valence-electron chi connectivity index (χ3n) is 5.31. The quantitative estimate of drug-likeness (QED) is 0.860. The van der Waals surface area contributed by atoms with Crippen LogP contribution >= 0.6 is 0 Å². The van der Waals surface area contributed by atoms with Gasteiger partial charge in [-0.25, -0.2) is 4.79 Å². The van der Waals surface area contributed by atoms with Gasteiger partial charge < -0.3 is 5.11 Å². The molecule has 1 saturated heterocycles. The topological polar surface area (TPSA) is 58.4 Å². The highest BCUT2D eigenvalue weighted by atomic mass is 16.4. The molecule has 138 valence electrons. The molecule has 5 nitrogen and oxygen atoms in total. The van der Waals surface area contributed by atoms with Crippen molar-refractivity contribution in [2.75, 3.05) is 13.1 Å². The van der Waals surface area contributed by atoms with Gasteiger partial charge in [0.15, 0.2) is 5.54 Å². The highest BCUT2D eigenvalue weighted by Gasteiger charge is 2.44. The summed E-state index contributed by atoms with van der Waals surface area (Å²) in [7, 11) is 0. The fourth-order valence-electron chi connectivity index (χ4n) is 3.58. The van der Waals surface area contributed by atoms with Crippen molar-refractivity contribution in [1.29, 1.82) is 0 Å². The fourth-order valence-corrected chi connectivity index (χ4v) is 3.58. The van der Waals surface area contributed by atoms with Crippen LogP contribution in [0, 0.1) is 0 Å². The van der Waals surface area contributed by atoms with E-state index in [-0.39, 0.29) is 0 Å². The van der Waals surface area contributed by atoms with E-state index in [2.05, 4.69) is 42.6 Å². The molecule has 1 aliphatic rings. The lowest BCUT2D eigenvalue weighted by Crippen LogP contribution is -2.51. The van der Waals surface area contributed by atoms with Crippen LogP contribution in [0.25, 0.3) is 6.08 Å². The first-order valence-electron chi connectivity index (χ1n) is 9.18. The molecule has 1 fully saturated rings. The molecule has 0 spiro atoms. The summed E-state index contributed by atoms with van der Waals surface area (Å²) in [5, 5.41) is 14.5. The molecule has 5 heteroatoms. The lowest BCUT2D eigenvalue weighted by atomic mass is 9.87. The Kier molecular flexibility index (Phi) is 5.28. The van der Waals surface area contributed by atoms with Gasteiger partial charge in [-0.05, 0) is 36.0 Å². The summed E-state index contributed by atoms with van der Waals surface area (Å²) in [6.45, 7) is 10.3. The van der Waals surface area contributed by atoms with Gasteiger partial charge in [0.1, 0.15) is 0 Å². The average Bonchev–Trinajstić information content (AvgIpc) is 3.13. The van der Waals surface area contributed by atoms with E-state index < -0.39 is 11.5 Å². The van der Waals surface area contributed by atoms with Gasteiger partial charge in [0, 0.05) is 25.8 Å². The van der Waals surface area contributed by atoms with Gasteiger partial charge in [-0.1, -0.05) is 50.8 Å². The van der Waals surface area contributed by atoms with Crippen molar-refractivity contribution in [3.05, 3.63) is 59.9 Å². The molecule has 1 aromatic carbocycles. The smallest absolute Gasteiger partial charge is 0.331 e. The van der Waals surface area contributed by atoms with Crippen molar-refractivity contribution in [3.8, 4) is 0 Å². The lowest BCUT2D eigenvalue weighted by molar-refractivity contribution is -0.151. The normalized spacial score (nSPS) is 17.3. The van der Waals surface area contributed by atoms with Crippen LogP contribution in [0.3, 0.4) is 0 Å². The van der Waals surface area contributed by atoms with Gasteiger partial charge in [0.05, 0.1) is 5.69 Å². The largest absolute Gasteiger partial charge is 0.479 e. The number of carbonyl (C=O) groups is 1. The zero-order valence-electron chi connectivity index (χ0n) is 15.6.